The summed E-state index contributed by atoms with van der Waals surface area (Å²) in [5.74, 6) is -0.237. The molecular weight excluding hydrogens is 330 g/mol. The molecule has 2 aromatic carbocycles. The lowest BCUT2D eigenvalue weighted by Crippen LogP contribution is -3.08. The SMILES string of the molecule is Cc1ccc(C[NH+](C)CC(=O)Nc2cc(C)c(C)cc2[N+](=O)[O-])c(C)c1. The largest absolute Gasteiger partial charge is 0.326 e. The number of anilines is 1. The van der Waals surface area contributed by atoms with E-state index < -0.39 is 4.92 Å². The van der Waals surface area contributed by atoms with Crippen LogP contribution < -0.4 is 10.2 Å². The first-order valence-corrected chi connectivity index (χ1v) is 8.60. The van der Waals surface area contributed by atoms with Crippen LogP contribution in [-0.4, -0.2) is 24.4 Å². The number of quaternary nitrogens is 1. The molecule has 138 valence electrons. The van der Waals surface area contributed by atoms with Crippen LogP contribution in [0, 0.1) is 37.8 Å². The van der Waals surface area contributed by atoms with Gasteiger partial charge < -0.3 is 10.2 Å². The van der Waals surface area contributed by atoms with Crippen LogP contribution in [0.4, 0.5) is 11.4 Å². The maximum Gasteiger partial charge on any atom is 0.293 e. The van der Waals surface area contributed by atoms with Gasteiger partial charge in [0.25, 0.3) is 11.6 Å². The number of nitro benzene ring substituents is 1. The van der Waals surface area contributed by atoms with Crippen molar-refractivity contribution in [1.29, 1.82) is 0 Å². The molecule has 0 aliphatic rings. The predicted octanol–water partition coefficient (Wildman–Crippen LogP) is 2.48. The van der Waals surface area contributed by atoms with Gasteiger partial charge in [0.1, 0.15) is 12.2 Å². The zero-order chi connectivity index (χ0) is 19.4. The number of rotatable bonds is 6. The molecule has 26 heavy (non-hydrogen) atoms. The molecule has 1 unspecified atom stereocenters. The minimum Gasteiger partial charge on any atom is -0.326 e. The number of nitro groups is 1. The molecule has 1 amide bonds. The Morgan fingerprint density at radius 1 is 1.08 bits per heavy atom. The van der Waals surface area contributed by atoms with Gasteiger partial charge in [-0.25, -0.2) is 0 Å². The summed E-state index contributed by atoms with van der Waals surface area (Å²) in [6.45, 7) is 8.75. The maximum absolute atomic E-state index is 12.4. The molecule has 0 fully saturated rings. The van der Waals surface area contributed by atoms with E-state index in [-0.39, 0.29) is 23.8 Å². The van der Waals surface area contributed by atoms with Crippen molar-refractivity contribution in [3.63, 3.8) is 0 Å². The van der Waals surface area contributed by atoms with E-state index in [1.54, 1.807) is 6.07 Å². The van der Waals surface area contributed by atoms with Crippen molar-refractivity contribution in [2.24, 2.45) is 0 Å². The summed E-state index contributed by atoms with van der Waals surface area (Å²) in [5.41, 5.74) is 5.52. The highest BCUT2D eigenvalue weighted by molar-refractivity contribution is 5.94. The molecule has 2 rings (SSSR count). The van der Waals surface area contributed by atoms with Gasteiger partial charge in [-0.3, -0.25) is 14.9 Å². The molecule has 6 heteroatoms. The Bertz CT molecular complexity index is 846. The van der Waals surface area contributed by atoms with Crippen molar-refractivity contribution in [3.05, 3.63) is 68.3 Å². The van der Waals surface area contributed by atoms with Gasteiger partial charge in [-0.05, 0) is 50.5 Å². The highest BCUT2D eigenvalue weighted by atomic mass is 16.6. The van der Waals surface area contributed by atoms with Gasteiger partial charge in [0, 0.05) is 11.6 Å². The first-order chi connectivity index (χ1) is 12.2. The molecule has 0 aliphatic carbocycles. The Morgan fingerprint density at radius 3 is 2.35 bits per heavy atom. The number of hydrogen-bond donors (Lipinski definition) is 2. The van der Waals surface area contributed by atoms with E-state index in [2.05, 4.69) is 37.4 Å². The fourth-order valence-corrected chi connectivity index (χ4v) is 2.95. The van der Waals surface area contributed by atoms with Crippen molar-refractivity contribution in [1.82, 2.24) is 0 Å². The molecule has 2 aromatic rings. The van der Waals surface area contributed by atoms with Crippen molar-refractivity contribution >= 4 is 17.3 Å². The number of likely N-dealkylation sites (N-methyl/N-ethyl adjacent to an activating group) is 1. The van der Waals surface area contributed by atoms with E-state index in [4.69, 9.17) is 0 Å². The van der Waals surface area contributed by atoms with Crippen LogP contribution in [0.25, 0.3) is 0 Å². The number of hydrogen-bond acceptors (Lipinski definition) is 3. The molecule has 0 bridgehead atoms. The van der Waals surface area contributed by atoms with Gasteiger partial charge in [0.2, 0.25) is 0 Å². The van der Waals surface area contributed by atoms with Crippen LogP contribution in [0.2, 0.25) is 0 Å². The second kappa shape index (κ2) is 8.10. The molecular formula is C20H26N3O3+. The number of nitrogens with zero attached hydrogens (tertiary/aromatic N) is 1. The Labute approximate surface area is 154 Å². The number of carbonyl (C=O) groups is 1. The van der Waals surface area contributed by atoms with Crippen molar-refractivity contribution < 1.29 is 14.6 Å². The summed E-state index contributed by atoms with van der Waals surface area (Å²) in [6, 6.07) is 9.43. The van der Waals surface area contributed by atoms with Crippen LogP contribution in [0.1, 0.15) is 27.8 Å². The molecule has 0 saturated carbocycles. The van der Waals surface area contributed by atoms with E-state index in [9.17, 15) is 14.9 Å². The summed E-state index contributed by atoms with van der Waals surface area (Å²) in [5, 5.41) is 13.9. The second-order valence-electron chi connectivity index (χ2n) is 7.00. The third-order valence-electron chi connectivity index (χ3n) is 4.54. The van der Waals surface area contributed by atoms with Crippen molar-refractivity contribution in [2.75, 3.05) is 18.9 Å². The summed E-state index contributed by atoms with van der Waals surface area (Å²) in [6.07, 6.45) is 0. The summed E-state index contributed by atoms with van der Waals surface area (Å²) >= 11 is 0. The Kier molecular flexibility index (Phi) is 6.10. The van der Waals surface area contributed by atoms with E-state index in [0.29, 0.717) is 6.54 Å². The number of aryl methyl sites for hydroxylation is 4. The minimum atomic E-state index is -0.464. The standard InChI is InChI=1S/C20H25N3O3/c1-13-6-7-17(16(4)8-13)11-22(5)12-20(24)21-18-9-14(2)15(3)10-19(18)23(25)26/h6-10H,11-12H2,1-5H3,(H,21,24)/p+1. The lowest BCUT2D eigenvalue weighted by Gasteiger charge is -2.16. The predicted molar refractivity (Wildman–Crippen MR) is 103 cm³/mol. The number of amides is 1. The Hall–Kier alpha value is -2.73. The third kappa shape index (κ3) is 4.89. The third-order valence-corrected chi connectivity index (χ3v) is 4.54. The van der Waals surface area contributed by atoms with Gasteiger partial charge in [-0.1, -0.05) is 23.8 Å². The van der Waals surface area contributed by atoms with Crippen LogP contribution in [0.3, 0.4) is 0 Å². The molecule has 6 nitrogen and oxygen atoms in total. The van der Waals surface area contributed by atoms with Gasteiger partial charge in [-0.2, -0.15) is 0 Å². The zero-order valence-corrected chi connectivity index (χ0v) is 16.0. The van der Waals surface area contributed by atoms with E-state index in [0.717, 1.165) is 16.0 Å². The van der Waals surface area contributed by atoms with Gasteiger partial charge in [-0.15, -0.1) is 0 Å². The smallest absolute Gasteiger partial charge is 0.293 e. The van der Waals surface area contributed by atoms with E-state index in [1.807, 2.05) is 20.9 Å². The van der Waals surface area contributed by atoms with Crippen molar-refractivity contribution in [2.45, 2.75) is 34.2 Å². The molecule has 2 N–H and O–H groups in total. The number of nitrogens with one attached hydrogen (secondary N) is 2. The summed E-state index contributed by atoms with van der Waals surface area (Å²) in [7, 11) is 1.94. The fraction of sp³-hybridized carbons (Fsp3) is 0.350. The normalized spacial score (nSPS) is 11.9. The Morgan fingerprint density at radius 2 is 1.73 bits per heavy atom. The molecule has 1 atom stereocenters. The van der Waals surface area contributed by atoms with Crippen LogP contribution in [0.15, 0.2) is 30.3 Å². The fourth-order valence-electron chi connectivity index (χ4n) is 2.95. The summed E-state index contributed by atoms with van der Waals surface area (Å²) < 4.78 is 0. The van der Waals surface area contributed by atoms with E-state index >= 15 is 0 Å². The summed E-state index contributed by atoms with van der Waals surface area (Å²) in [4.78, 5) is 24.2. The van der Waals surface area contributed by atoms with Crippen LogP contribution >= 0.6 is 0 Å². The molecule has 0 radical (unpaired) electrons. The molecule has 0 aromatic heterocycles. The lowest BCUT2D eigenvalue weighted by molar-refractivity contribution is -0.885. The molecule has 0 spiro atoms. The first kappa shape index (κ1) is 19.6. The molecule has 0 saturated heterocycles. The maximum atomic E-state index is 12.4. The number of carbonyl (C=O) groups excluding carboxylic acids is 1. The quantitative estimate of drug-likeness (QED) is 0.617. The first-order valence-electron chi connectivity index (χ1n) is 8.60. The van der Waals surface area contributed by atoms with Crippen LogP contribution in [-0.2, 0) is 11.3 Å². The van der Waals surface area contributed by atoms with Crippen LogP contribution in [0.5, 0.6) is 0 Å². The average Bonchev–Trinajstić information content (AvgIpc) is 2.53. The second-order valence-corrected chi connectivity index (χ2v) is 7.00. The average molecular weight is 356 g/mol. The number of benzene rings is 2. The topological polar surface area (TPSA) is 76.7 Å². The Balaban J connectivity index is 2.06. The minimum absolute atomic E-state index is 0.0755. The highest BCUT2D eigenvalue weighted by Crippen LogP contribution is 2.27. The highest BCUT2D eigenvalue weighted by Gasteiger charge is 2.19. The van der Waals surface area contributed by atoms with Crippen molar-refractivity contribution in [3.8, 4) is 0 Å². The van der Waals surface area contributed by atoms with E-state index in [1.165, 1.54) is 22.8 Å². The zero-order valence-electron chi connectivity index (χ0n) is 16.0. The van der Waals surface area contributed by atoms with Gasteiger partial charge >= 0.3 is 0 Å². The molecule has 0 heterocycles. The monoisotopic (exact) mass is 356 g/mol. The molecule has 0 aliphatic heterocycles. The lowest BCUT2D eigenvalue weighted by atomic mass is 10.1. The van der Waals surface area contributed by atoms with Gasteiger partial charge in [0.15, 0.2) is 6.54 Å². The van der Waals surface area contributed by atoms with Gasteiger partial charge in [0.05, 0.1) is 12.0 Å².